The highest BCUT2D eigenvalue weighted by Crippen LogP contribution is 2.07. The van der Waals surface area contributed by atoms with Gasteiger partial charge in [-0.15, -0.1) is 0 Å². The predicted octanol–water partition coefficient (Wildman–Crippen LogP) is 3.13. The van der Waals surface area contributed by atoms with Crippen molar-refractivity contribution in [3.8, 4) is 0 Å². The van der Waals surface area contributed by atoms with E-state index in [9.17, 15) is 20.1 Å². The van der Waals surface area contributed by atoms with Crippen LogP contribution in [0.15, 0.2) is 48.6 Å². The predicted molar refractivity (Wildman–Crippen MR) is 100 cm³/mol. The molecule has 4 N–H and O–H groups in total. The van der Waals surface area contributed by atoms with Crippen molar-refractivity contribution in [1.29, 1.82) is 0 Å². The van der Waals surface area contributed by atoms with E-state index in [1.807, 2.05) is 0 Å². The number of carboxylic acid groups (broad SMARTS) is 1. The van der Waals surface area contributed by atoms with Gasteiger partial charge in [0.05, 0.1) is 18.3 Å². The van der Waals surface area contributed by atoms with E-state index in [-0.39, 0.29) is 6.42 Å². The molecule has 5 heteroatoms. The van der Waals surface area contributed by atoms with Crippen LogP contribution in [0.5, 0.6) is 0 Å². The van der Waals surface area contributed by atoms with E-state index in [1.54, 1.807) is 48.6 Å². The number of rotatable bonds is 14. The summed E-state index contributed by atoms with van der Waals surface area (Å²) in [6.45, 7) is 2.09. The van der Waals surface area contributed by atoms with Crippen molar-refractivity contribution >= 4 is 5.97 Å². The largest absolute Gasteiger partial charge is 0.481 e. The van der Waals surface area contributed by atoms with Gasteiger partial charge in [-0.3, -0.25) is 4.79 Å². The Balaban J connectivity index is 3.96. The SMILES string of the molecule is CCCCC[C@H](O)C(O)C=CC=CC=CC=CC(O)CCCC(=O)O. The van der Waals surface area contributed by atoms with E-state index in [0.717, 1.165) is 19.3 Å². The highest BCUT2D eigenvalue weighted by molar-refractivity contribution is 5.66. The minimum Gasteiger partial charge on any atom is -0.481 e. The second kappa shape index (κ2) is 15.8. The number of hydrogen-bond acceptors (Lipinski definition) is 4. The molecule has 0 bridgehead atoms. The smallest absolute Gasteiger partial charge is 0.303 e. The summed E-state index contributed by atoms with van der Waals surface area (Å²) >= 11 is 0. The molecule has 0 aromatic rings. The van der Waals surface area contributed by atoms with Crippen molar-refractivity contribution in [1.82, 2.24) is 0 Å². The molecule has 0 aliphatic carbocycles. The number of aliphatic carboxylic acids is 1. The van der Waals surface area contributed by atoms with E-state index in [1.165, 1.54) is 0 Å². The maximum absolute atomic E-state index is 10.4. The molecule has 2 unspecified atom stereocenters. The fourth-order valence-corrected chi connectivity index (χ4v) is 2.09. The summed E-state index contributed by atoms with van der Waals surface area (Å²) in [6.07, 6.45) is 16.0. The Morgan fingerprint density at radius 1 is 0.840 bits per heavy atom. The maximum atomic E-state index is 10.4. The fraction of sp³-hybridized carbons (Fsp3) is 0.550. The molecule has 0 aliphatic heterocycles. The summed E-state index contributed by atoms with van der Waals surface area (Å²) < 4.78 is 0. The third-order valence-corrected chi connectivity index (χ3v) is 3.59. The van der Waals surface area contributed by atoms with Crippen molar-refractivity contribution in [2.75, 3.05) is 0 Å². The van der Waals surface area contributed by atoms with Crippen LogP contribution in [0.3, 0.4) is 0 Å². The van der Waals surface area contributed by atoms with Gasteiger partial charge in [0.1, 0.15) is 0 Å². The van der Waals surface area contributed by atoms with Gasteiger partial charge in [-0.25, -0.2) is 0 Å². The van der Waals surface area contributed by atoms with Gasteiger partial charge < -0.3 is 20.4 Å². The lowest BCUT2D eigenvalue weighted by molar-refractivity contribution is -0.137. The zero-order valence-corrected chi connectivity index (χ0v) is 15.0. The van der Waals surface area contributed by atoms with Crippen LogP contribution < -0.4 is 0 Å². The van der Waals surface area contributed by atoms with E-state index in [4.69, 9.17) is 5.11 Å². The first-order valence-electron chi connectivity index (χ1n) is 8.91. The lowest BCUT2D eigenvalue weighted by Crippen LogP contribution is -2.23. The quantitative estimate of drug-likeness (QED) is 0.284. The Morgan fingerprint density at radius 3 is 2.04 bits per heavy atom. The minimum atomic E-state index is -0.855. The molecule has 0 heterocycles. The summed E-state index contributed by atoms with van der Waals surface area (Å²) in [6, 6.07) is 0. The van der Waals surface area contributed by atoms with Gasteiger partial charge in [-0.1, -0.05) is 74.8 Å². The van der Waals surface area contributed by atoms with Gasteiger partial charge in [0.25, 0.3) is 0 Å². The van der Waals surface area contributed by atoms with Gasteiger partial charge in [0.15, 0.2) is 0 Å². The van der Waals surface area contributed by atoms with Crippen molar-refractivity contribution in [3.05, 3.63) is 48.6 Å². The van der Waals surface area contributed by atoms with E-state index >= 15 is 0 Å². The molecule has 0 rings (SSSR count). The van der Waals surface area contributed by atoms with E-state index in [2.05, 4.69) is 6.92 Å². The minimum absolute atomic E-state index is 0.0644. The Hall–Kier alpha value is -1.69. The lowest BCUT2D eigenvalue weighted by Gasteiger charge is -2.13. The Kier molecular flexibility index (Phi) is 14.7. The third-order valence-electron chi connectivity index (χ3n) is 3.59. The highest BCUT2D eigenvalue weighted by Gasteiger charge is 2.11. The monoisotopic (exact) mass is 352 g/mol. The number of aliphatic hydroxyl groups excluding tert-OH is 3. The molecule has 0 aliphatic rings. The number of unbranched alkanes of at least 4 members (excludes halogenated alkanes) is 2. The summed E-state index contributed by atoms with van der Waals surface area (Å²) in [5.41, 5.74) is 0. The van der Waals surface area contributed by atoms with Crippen LogP contribution in [0, 0.1) is 0 Å². The van der Waals surface area contributed by atoms with Gasteiger partial charge in [-0.05, 0) is 19.3 Å². The van der Waals surface area contributed by atoms with E-state index in [0.29, 0.717) is 19.3 Å². The molecule has 0 saturated carbocycles. The second-order valence-electron chi connectivity index (χ2n) is 5.95. The molecule has 0 saturated heterocycles. The molecule has 0 aromatic carbocycles. The molecule has 3 atom stereocenters. The van der Waals surface area contributed by atoms with Gasteiger partial charge in [-0.2, -0.15) is 0 Å². The van der Waals surface area contributed by atoms with Crippen LogP contribution in [0.4, 0.5) is 0 Å². The average Bonchev–Trinajstić information content (AvgIpc) is 2.56. The molecule has 0 fully saturated rings. The van der Waals surface area contributed by atoms with Crippen molar-refractivity contribution < 1.29 is 25.2 Å². The van der Waals surface area contributed by atoms with Crippen LogP contribution in [-0.2, 0) is 4.79 Å². The molecular weight excluding hydrogens is 320 g/mol. The number of allylic oxidation sites excluding steroid dienone is 6. The molecular formula is C20H32O5. The first-order chi connectivity index (χ1) is 12.0. The van der Waals surface area contributed by atoms with Crippen molar-refractivity contribution in [3.63, 3.8) is 0 Å². The fourth-order valence-electron chi connectivity index (χ4n) is 2.09. The lowest BCUT2D eigenvalue weighted by atomic mass is 10.1. The molecule has 0 radical (unpaired) electrons. The van der Waals surface area contributed by atoms with Crippen molar-refractivity contribution in [2.45, 2.75) is 70.2 Å². The van der Waals surface area contributed by atoms with Crippen LogP contribution in [-0.4, -0.2) is 44.7 Å². The summed E-state index contributed by atoms with van der Waals surface area (Å²) in [7, 11) is 0. The summed E-state index contributed by atoms with van der Waals surface area (Å²) in [5.74, 6) is -0.854. The zero-order valence-electron chi connectivity index (χ0n) is 15.0. The Bertz CT molecular complexity index is 451. The highest BCUT2D eigenvalue weighted by atomic mass is 16.4. The molecule has 142 valence electrons. The zero-order chi connectivity index (χ0) is 18.9. The second-order valence-corrected chi connectivity index (χ2v) is 5.95. The van der Waals surface area contributed by atoms with Gasteiger partial charge in [0, 0.05) is 6.42 Å². The third kappa shape index (κ3) is 15.6. The maximum Gasteiger partial charge on any atom is 0.303 e. The number of carbonyl (C=O) groups is 1. The first-order valence-corrected chi connectivity index (χ1v) is 8.91. The Labute approximate surface area is 150 Å². The molecule has 0 aromatic heterocycles. The van der Waals surface area contributed by atoms with Gasteiger partial charge >= 0.3 is 5.97 Å². The number of carboxylic acids is 1. The average molecular weight is 352 g/mol. The van der Waals surface area contributed by atoms with Gasteiger partial charge in [0.2, 0.25) is 0 Å². The van der Waals surface area contributed by atoms with Crippen LogP contribution in [0.1, 0.15) is 51.9 Å². The number of hydrogen-bond donors (Lipinski definition) is 4. The topological polar surface area (TPSA) is 98.0 Å². The number of aliphatic hydroxyl groups is 3. The summed E-state index contributed by atoms with van der Waals surface area (Å²) in [5, 5.41) is 37.6. The van der Waals surface area contributed by atoms with Crippen LogP contribution in [0.2, 0.25) is 0 Å². The van der Waals surface area contributed by atoms with Crippen molar-refractivity contribution in [2.24, 2.45) is 0 Å². The van der Waals surface area contributed by atoms with Crippen LogP contribution >= 0.6 is 0 Å². The molecule has 5 nitrogen and oxygen atoms in total. The van der Waals surface area contributed by atoms with E-state index < -0.39 is 24.3 Å². The normalized spacial score (nSPS) is 16.3. The summed E-state index contributed by atoms with van der Waals surface area (Å²) in [4.78, 5) is 10.4. The van der Waals surface area contributed by atoms with Crippen LogP contribution in [0.25, 0.3) is 0 Å². The molecule has 0 amide bonds. The molecule has 0 spiro atoms. The standard InChI is InChI=1S/C20H32O5/c1-2-3-8-14-18(22)19(23)15-10-7-5-4-6-9-12-17(21)13-11-16-20(24)25/h4-7,9-10,12,15,17-19,21-23H,2-3,8,11,13-14,16H2,1H3,(H,24,25)/t17?,18-,19?/m0/s1. The Morgan fingerprint density at radius 2 is 1.44 bits per heavy atom. The molecule has 25 heavy (non-hydrogen) atoms. The first kappa shape index (κ1) is 23.3.